The van der Waals surface area contributed by atoms with E-state index in [-0.39, 0.29) is 17.5 Å². The molecule has 0 amide bonds. The maximum absolute atomic E-state index is 11.4. The van der Waals surface area contributed by atoms with E-state index in [4.69, 9.17) is 18.0 Å². The number of rotatable bonds is 3. The molecule has 0 saturated carbocycles. The second-order valence-corrected chi connectivity index (χ2v) is 7.61. The number of sulfone groups is 1. The van der Waals surface area contributed by atoms with Crippen LogP contribution in [0.1, 0.15) is 24.1 Å². The highest BCUT2D eigenvalue weighted by Crippen LogP contribution is 2.23. The number of aromatic nitrogens is 2. The zero-order valence-corrected chi connectivity index (χ0v) is 12.6. The fourth-order valence-corrected chi connectivity index (χ4v) is 4.08. The van der Waals surface area contributed by atoms with E-state index in [1.165, 1.54) is 0 Å². The number of nitrogens with zero attached hydrogens (tertiary/aromatic N) is 2. The van der Waals surface area contributed by atoms with Crippen LogP contribution in [0.3, 0.4) is 0 Å². The first-order valence-electron chi connectivity index (χ1n) is 6.10. The quantitative estimate of drug-likeness (QED) is 0.783. The van der Waals surface area contributed by atoms with Crippen LogP contribution in [0.15, 0.2) is 0 Å². The number of nitrogens with two attached hydrogens (primary N) is 1. The van der Waals surface area contributed by atoms with Gasteiger partial charge in [0.2, 0.25) is 0 Å². The maximum atomic E-state index is 11.4. The van der Waals surface area contributed by atoms with Crippen LogP contribution in [0.2, 0.25) is 0 Å². The van der Waals surface area contributed by atoms with Crippen LogP contribution < -0.4 is 11.1 Å². The molecule has 19 heavy (non-hydrogen) atoms. The molecular weight excluding hydrogens is 284 g/mol. The monoisotopic (exact) mass is 302 g/mol. The molecule has 2 heterocycles. The number of aryl methyl sites for hydroxylation is 2. The zero-order chi connectivity index (χ0) is 14.2. The number of nitrogens with one attached hydrogen (secondary N) is 1. The van der Waals surface area contributed by atoms with Crippen molar-refractivity contribution in [1.82, 2.24) is 9.78 Å². The Morgan fingerprint density at radius 1 is 1.47 bits per heavy atom. The Balaban J connectivity index is 2.18. The molecule has 8 heteroatoms. The molecule has 1 aromatic rings. The molecule has 1 aliphatic heterocycles. The van der Waals surface area contributed by atoms with E-state index in [9.17, 15) is 8.42 Å². The molecule has 106 valence electrons. The summed E-state index contributed by atoms with van der Waals surface area (Å²) in [5, 5.41) is 7.62. The maximum Gasteiger partial charge on any atom is 0.150 e. The number of anilines is 1. The lowest BCUT2D eigenvalue weighted by Gasteiger charge is -2.24. The summed E-state index contributed by atoms with van der Waals surface area (Å²) in [6.45, 7) is 1.85. The minimum atomic E-state index is -2.85. The van der Waals surface area contributed by atoms with Crippen molar-refractivity contribution in [3.05, 3.63) is 11.3 Å². The van der Waals surface area contributed by atoms with Gasteiger partial charge in [-0.1, -0.05) is 12.2 Å². The third kappa shape index (κ3) is 3.06. The predicted molar refractivity (Wildman–Crippen MR) is 79.1 cm³/mol. The summed E-state index contributed by atoms with van der Waals surface area (Å²) in [4.78, 5) is 0.302. The van der Waals surface area contributed by atoms with Gasteiger partial charge in [-0.25, -0.2) is 8.42 Å². The van der Waals surface area contributed by atoms with Crippen molar-refractivity contribution in [1.29, 1.82) is 0 Å². The van der Waals surface area contributed by atoms with Crippen LogP contribution >= 0.6 is 12.2 Å². The fourth-order valence-electron chi connectivity index (χ4n) is 2.35. The summed E-state index contributed by atoms with van der Waals surface area (Å²) >= 11 is 5.04. The largest absolute Gasteiger partial charge is 0.389 e. The van der Waals surface area contributed by atoms with Gasteiger partial charge >= 0.3 is 0 Å². The Morgan fingerprint density at radius 2 is 2.05 bits per heavy atom. The third-order valence-corrected chi connectivity index (χ3v) is 5.28. The van der Waals surface area contributed by atoms with E-state index in [0.29, 0.717) is 17.8 Å². The summed E-state index contributed by atoms with van der Waals surface area (Å²) in [5.41, 5.74) is 7.24. The molecule has 0 atom stereocenters. The molecule has 1 aromatic heterocycles. The van der Waals surface area contributed by atoms with Gasteiger partial charge in [-0.05, 0) is 19.8 Å². The molecular formula is C11H18N4O2S2. The third-order valence-electron chi connectivity index (χ3n) is 3.36. The van der Waals surface area contributed by atoms with E-state index in [1.807, 2.05) is 14.0 Å². The molecule has 1 aliphatic rings. The van der Waals surface area contributed by atoms with Crippen molar-refractivity contribution < 1.29 is 8.42 Å². The zero-order valence-electron chi connectivity index (χ0n) is 11.0. The van der Waals surface area contributed by atoms with Crippen molar-refractivity contribution in [2.24, 2.45) is 12.8 Å². The summed E-state index contributed by atoms with van der Waals surface area (Å²) in [7, 11) is -1.04. The van der Waals surface area contributed by atoms with Gasteiger partial charge in [0.05, 0.1) is 22.8 Å². The summed E-state index contributed by atoms with van der Waals surface area (Å²) in [5.74, 6) is 1.22. The van der Waals surface area contributed by atoms with Crippen molar-refractivity contribution in [3.63, 3.8) is 0 Å². The topological polar surface area (TPSA) is 90.0 Å². The first-order valence-corrected chi connectivity index (χ1v) is 8.33. The van der Waals surface area contributed by atoms with E-state index >= 15 is 0 Å². The Hall–Kier alpha value is -1.15. The van der Waals surface area contributed by atoms with Gasteiger partial charge in [0, 0.05) is 13.1 Å². The van der Waals surface area contributed by atoms with Gasteiger partial charge in [0.25, 0.3) is 0 Å². The highest BCUT2D eigenvalue weighted by molar-refractivity contribution is 7.91. The molecule has 6 nitrogen and oxygen atoms in total. The van der Waals surface area contributed by atoms with Crippen LogP contribution in [0, 0.1) is 6.92 Å². The first-order chi connectivity index (χ1) is 8.80. The summed E-state index contributed by atoms with van der Waals surface area (Å²) in [6, 6.07) is 0.117. The molecule has 0 radical (unpaired) electrons. The Morgan fingerprint density at radius 3 is 2.58 bits per heavy atom. The normalized spacial score (nSPS) is 19.3. The molecule has 1 saturated heterocycles. The highest BCUT2D eigenvalue weighted by Gasteiger charge is 2.25. The fraction of sp³-hybridized carbons (Fsp3) is 0.636. The smallest absolute Gasteiger partial charge is 0.150 e. The van der Waals surface area contributed by atoms with Gasteiger partial charge in [-0.3, -0.25) is 4.68 Å². The van der Waals surface area contributed by atoms with E-state index in [2.05, 4.69) is 10.4 Å². The molecule has 2 rings (SSSR count). The SMILES string of the molecule is Cc1nn(C)c(NC2CCS(=O)(=O)CC2)c1C(N)=S. The number of hydrogen-bond donors (Lipinski definition) is 2. The lowest BCUT2D eigenvalue weighted by molar-refractivity contribution is 0.557. The van der Waals surface area contributed by atoms with Crippen LogP contribution in [-0.4, -0.2) is 40.7 Å². The van der Waals surface area contributed by atoms with Crippen molar-refractivity contribution in [3.8, 4) is 0 Å². The lowest BCUT2D eigenvalue weighted by atomic mass is 10.1. The second kappa shape index (κ2) is 5.09. The molecule has 0 aromatic carbocycles. The van der Waals surface area contributed by atoms with Gasteiger partial charge in [-0.2, -0.15) is 5.10 Å². The van der Waals surface area contributed by atoms with Crippen LogP contribution in [-0.2, 0) is 16.9 Å². The second-order valence-electron chi connectivity index (χ2n) is 4.87. The number of hydrogen-bond acceptors (Lipinski definition) is 5. The molecule has 0 unspecified atom stereocenters. The van der Waals surface area contributed by atoms with Gasteiger partial charge in [-0.15, -0.1) is 0 Å². The number of thiocarbonyl (C=S) groups is 1. The highest BCUT2D eigenvalue weighted by atomic mass is 32.2. The van der Waals surface area contributed by atoms with Crippen LogP contribution in [0.5, 0.6) is 0 Å². The van der Waals surface area contributed by atoms with Crippen molar-refractivity contribution in [2.45, 2.75) is 25.8 Å². The van der Waals surface area contributed by atoms with Crippen molar-refractivity contribution >= 4 is 32.9 Å². The first kappa shape index (κ1) is 14.3. The Labute approximate surface area is 118 Å². The van der Waals surface area contributed by atoms with Crippen LogP contribution in [0.25, 0.3) is 0 Å². The van der Waals surface area contributed by atoms with Gasteiger partial charge in [0.15, 0.2) is 0 Å². The minimum Gasteiger partial charge on any atom is -0.389 e. The molecule has 0 bridgehead atoms. The van der Waals surface area contributed by atoms with Crippen LogP contribution in [0.4, 0.5) is 5.82 Å². The molecule has 1 fully saturated rings. The standard InChI is InChI=1S/C11H18N4O2S2/c1-7-9(10(12)18)11(15(2)14-7)13-8-3-5-19(16,17)6-4-8/h8,13H,3-6H2,1-2H3,(H2,12,18). The van der Waals surface area contributed by atoms with E-state index in [0.717, 1.165) is 17.1 Å². The van der Waals surface area contributed by atoms with E-state index < -0.39 is 9.84 Å². The van der Waals surface area contributed by atoms with E-state index in [1.54, 1.807) is 4.68 Å². The molecule has 3 N–H and O–H groups in total. The molecule has 0 aliphatic carbocycles. The Bertz CT molecular complexity index is 592. The molecule has 0 spiro atoms. The summed E-state index contributed by atoms with van der Waals surface area (Å²) < 4.78 is 24.5. The summed E-state index contributed by atoms with van der Waals surface area (Å²) in [6.07, 6.45) is 1.20. The Kier molecular flexibility index (Phi) is 3.82. The minimum absolute atomic E-state index is 0.117. The average Bonchev–Trinajstić information content (AvgIpc) is 2.56. The lowest BCUT2D eigenvalue weighted by Crippen LogP contribution is -2.33. The van der Waals surface area contributed by atoms with Gasteiger partial charge in [0.1, 0.15) is 20.6 Å². The van der Waals surface area contributed by atoms with Crippen molar-refractivity contribution in [2.75, 3.05) is 16.8 Å². The van der Waals surface area contributed by atoms with Gasteiger partial charge < -0.3 is 11.1 Å². The predicted octanol–water partition coefficient (Wildman–Crippen LogP) is 0.352. The average molecular weight is 302 g/mol.